The van der Waals surface area contributed by atoms with Gasteiger partial charge in [0.1, 0.15) is 0 Å². The number of aromatic nitrogens is 2. The number of hydrogen-bond acceptors (Lipinski definition) is 3. The summed E-state index contributed by atoms with van der Waals surface area (Å²) in [4.78, 5) is 2.59. The summed E-state index contributed by atoms with van der Waals surface area (Å²) in [5.41, 5.74) is 3.94. The molecule has 0 amide bonds. The van der Waals surface area contributed by atoms with E-state index in [2.05, 4.69) is 54.6 Å². The molecule has 1 aromatic heterocycles. The molecular formula is C14H26N4. The van der Waals surface area contributed by atoms with E-state index in [1.807, 2.05) is 0 Å². The van der Waals surface area contributed by atoms with Gasteiger partial charge in [0, 0.05) is 43.0 Å². The number of nitrogens with zero attached hydrogens (tertiary/aromatic N) is 3. The maximum Gasteiger partial charge on any atom is 0.0644 e. The summed E-state index contributed by atoms with van der Waals surface area (Å²) in [6.07, 6.45) is 0. The number of nitrogens with one attached hydrogen (secondary N) is 1. The van der Waals surface area contributed by atoms with Crippen molar-refractivity contribution in [1.82, 2.24) is 20.0 Å². The number of rotatable bonds is 5. The summed E-state index contributed by atoms with van der Waals surface area (Å²) in [7, 11) is 0. The van der Waals surface area contributed by atoms with Gasteiger partial charge in [-0.05, 0) is 34.2 Å². The molecular weight excluding hydrogens is 224 g/mol. The molecule has 0 bridgehead atoms. The minimum Gasteiger partial charge on any atom is -0.314 e. The molecule has 1 aliphatic heterocycles. The van der Waals surface area contributed by atoms with Crippen LogP contribution in [0.3, 0.4) is 0 Å². The van der Waals surface area contributed by atoms with Gasteiger partial charge in [0.15, 0.2) is 0 Å². The lowest BCUT2D eigenvalue weighted by Gasteiger charge is -2.41. The summed E-state index contributed by atoms with van der Waals surface area (Å²) < 4.78 is 2.12. The topological polar surface area (TPSA) is 33.1 Å². The first-order valence-electron chi connectivity index (χ1n) is 7.10. The lowest BCUT2D eigenvalue weighted by molar-refractivity contribution is 0.109. The third-order valence-corrected chi connectivity index (χ3v) is 4.25. The van der Waals surface area contributed by atoms with Crippen molar-refractivity contribution >= 4 is 0 Å². The third kappa shape index (κ3) is 2.19. The molecule has 1 aliphatic rings. The van der Waals surface area contributed by atoms with Crippen molar-refractivity contribution in [2.45, 2.75) is 53.2 Å². The van der Waals surface area contributed by atoms with E-state index in [1.54, 1.807) is 0 Å². The minimum atomic E-state index is 0.461. The molecule has 2 rings (SSSR count). The van der Waals surface area contributed by atoms with Gasteiger partial charge in [0.2, 0.25) is 0 Å². The Bertz CT molecular complexity index is 406. The standard InChI is InChI=1S/C14H26N4/c1-6-17(13-8-15-9-13)11(4)14-10(3)16-18(7-2)12(14)5/h11,13,15H,6-9H2,1-5H3. The van der Waals surface area contributed by atoms with Gasteiger partial charge in [0.25, 0.3) is 0 Å². The maximum atomic E-state index is 4.64. The van der Waals surface area contributed by atoms with Crippen LogP contribution >= 0.6 is 0 Å². The first-order chi connectivity index (χ1) is 8.60. The van der Waals surface area contributed by atoms with Crippen LogP contribution in [0.4, 0.5) is 0 Å². The second kappa shape index (κ2) is 5.41. The SMILES string of the molecule is CCN(C1CNC1)C(C)c1c(C)nn(CC)c1C. The van der Waals surface area contributed by atoms with Gasteiger partial charge in [-0.1, -0.05) is 6.92 Å². The van der Waals surface area contributed by atoms with Crippen molar-refractivity contribution in [3.63, 3.8) is 0 Å². The number of likely N-dealkylation sites (N-methyl/N-ethyl adjacent to an activating group) is 1. The van der Waals surface area contributed by atoms with Crippen LogP contribution in [0.2, 0.25) is 0 Å². The molecule has 1 unspecified atom stereocenters. The largest absolute Gasteiger partial charge is 0.314 e. The number of aryl methyl sites for hydroxylation is 2. The highest BCUT2D eigenvalue weighted by Crippen LogP contribution is 2.28. The van der Waals surface area contributed by atoms with Gasteiger partial charge in [-0.25, -0.2) is 0 Å². The Balaban J connectivity index is 2.26. The van der Waals surface area contributed by atoms with Gasteiger partial charge in [0.05, 0.1) is 5.69 Å². The van der Waals surface area contributed by atoms with Crippen molar-refractivity contribution in [3.05, 3.63) is 17.0 Å². The second-order valence-corrected chi connectivity index (χ2v) is 5.22. The smallest absolute Gasteiger partial charge is 0.0644 e. The van der Waals surface area contributed by atoms with Gasteiger partial charge >= 0.3 is 0 Å². The molecule has 1 saturated heterocycles. The molecule has 1 atom stereocenters. The van der Waals surface area contributed by atoms with Crippen LogP contribution in [0, 0.1) is 13.8 Å². The zero-order valence-corrected chi connectivity index (χ0v) is 12.3. The molecule has 1 N–H and O–H groups in total. The molecule has 2 heterocycles. The zero-order valence-electron chi connectivity index (χ0n) is 12.3. The fourth-order valence-electron chi connectivity index (χ4n) is 3.15. The van der Waals surface area contributed by atoms with Gasteiger partial charge in [-0.15, -0.1) is 0 Å². The lowest BCUT2D eigenvalue weighted by atomic mass is 10.0. The molecule has 0 aromatic carbocycles. The summed E-state index contributed by atoms with van der Waals surface area (Å²) in [5.74, 6) is 0. The normalized spacial score (nSPS) is 18.1. The summed E-state index contributed by atoms with van der Waals surface area (Å²) in [6.45, 7) is 15.4. The van der Waals surface area contributed by atoms with Crippen molar-refractivity contribution in [3.8, 4) is 0 Å². The molecule has 4 heteroatoms. The van der Waals surface area contributed by atoms with Crippen molar-refractivity contribution in [1.29, 1.82) is 0 Å². The fourth-order valence-corrected chi connectivity index (χ4v) is 3.15. The predicted octanol–water partition coefficient (Wildman–Crippen LogP) is 1.87. The maximum absolute atomic E-state index is 4.64. The molecule has 0 spiro atoms. The van der Waals surface area contributed by atoms with E-state index >= 15 is 0 Å². The van der Waals surface area contributed by atoms with Gasteiger partial charge in [-0.3, -0.25) is 9.58 Å². The van der Waals surface area contributed by atoms with Crippen molar-refractivity contribution < 1.29 is 0 Å². The highest BCUT2D eigenvalue weighted by atomic mass is 15.3. The minimum absolute atomic E-state index is 0.461. The first-order valence-corrected chi connectivity index (χ1v) is 7.10. The molecule has 1 fully saturated rings. The summed E-state index contributed by atoms with van der Waals surface area (Å²) in [5, 5.41) is 8.01. The van der Waals surface area contributed by atoms with Gasteiger partial charge in [-0.2, -0.15) is 5.10 Å². The Kier molecular flexibility index (Phi) is 4.07. The van der Waals surface area contributed by atoms with Crippen molar-refractivity contribution in [2.75, 3.05) is 19.6 Å². The molecule has 18 heavy (non-hydrogen) atoms. The monoisotopic (exact) mass is 250 g/mol. The van der Waals surface area contributed by atoms with Crippen LogP contribution in [0.15, 0.2) is 0 Å². The van der Waals surface area contributed by atoms with Crippen LogP contribution in [-0.2, 0) is 6.54 Å². The van der Waals surface area contributed by atoms with E-state index in [9.17, 15) is 0 Å². The fraction of sp³-hybridized carbons (Fsp3) is 0.786. The van der Waals surface area contributed by atoms with Gasteiger partial charge < -0.3 is 5.32 Å². The third-order valence-electron chi connectivity index (χ3n) is 4.25. The van der Waals surface area contributed by atoms with E-state index in [1.165, 1.54) is 17.0 Å². The van der Waals surface area contributed by atoms with E-state index < -0.39 is 0 Å². The van der Waals surface area contributed by atoms with E-state index in [4.69, 9.17) is 0 Å². The Morgan fingerprint density at radius 3 is 2.44 bits per heavy atom. The van der Waals surface area contributed by atoms with Crippen LogP contribution in [0.5, 0.6) is 0 Å². The summed E-state index contributed by atoms with van der Waals surface area (Å²) >= 11 is 0. The Morgan fingerprint density at radius 2 is 2.06 bits per heavy atom. The first kappa shape index (κ1) is 13.6. The van der Waals surface area contributed by atoms with E-state index in [0.717, 1.165) is 26.2 Å². The highest BCUT2D eigenvalue weighted by Gasteiger charge is 2.30. The molecule has 0 radical (unpaired) electrons. The average Bonchev–Trinajstić information content (AvgIpc) is 2.57. The van der Waals surface area contributed by atoms with Crippen LogP contribution in [0.1, 0.15) is 43.8 Å². The Labute approximate surface area is 110 Å². The highest BCUT2D eigenvalue weighted by molar-refractivity contribution is 5.28. The number of hydrogen-bond donors (Lipinski definition) is 1. The average molecular weight is 250 g/mol. The van der Waals surface area contributed by atoms with Crippen molar-refractivity contribution in [2.24, 2.45) is 0 Å². The summed E-state index contributed by atoms with van der Waals surface area (Å²) in [6, 6.07) is 1.15. The van der Waals surface area contributed by atoms with E-state index in [-0.39, 0.29) is 0 Å². The van der Waals surface area contributed by atoms with Crippen LogP contribution < -0.4 is 5.32 Å². The van der Waals surface area contributed by atoms with E-state index in [0.29, 0.717) is 12.1 Å². The molecule has 102 valence electrons. The molecule has 1 aromatic rings. The second-order valence-electron chi connectivity index (χ2n) is 5.22. The molecule has 0 saturated carbocycles. The molecule has 4 nitrogen and oxygen atoms in total. The Morgan fingerprint density at radius 1 is 1.39 bits per heavy atom. The Hall–Kier alpha value is -0.870. The quantitative estimate of drug-likeness (QED) is 0.866. The lowest BCUT2D eigenvalue weighted by Crippen LogP contribution is -2.57. The molecule has 0 aliphatic carbocycles. The van der Waals surface area contributed by atoms with Crippen LogP contribution in [-0.4, -0.2) is 40.4 Å². The predicted molar refractivity (Wildman–Crippen MR) is 74.8 cm³/mol. The van der Waals surface area contributed by atoms with Crippen LogP contribution in [0.25, 0.3) is 0 Å². The zero-order chi connectivity index (χ0) is 13.3.